The smallest absolute Gasteiger partial charge is 0.480 e. The fraction of sp³-hybridized carbons (Fsp3) is 0.397. The van der Waals surface area contributed by atoms with E-state index in [-0.39, 0.29) is 56.0 Å². The monoisotopic (exact) mass is 1280 g/mol. The largest absolute Gasteiger partial charge is 0.582 e. The van der Waals surface area contributed by atoms with Crippen molar-refractivity contribution in [2.24, 2.45) is 30.0 Å². The Balaban J connectivity index is 1.12. The molecule has 0 saturated heterocycles. The van der Waals surface area contributed by atoms with Gasteiger partial charge >= 0.3 is 14.9 Å². The summed E-state index contributed by atoms with van der Waals surface area (Å²) in [7, 11) is -19.7. The number of nitrogens with zero attached hydrogens (tertiary/aromatic N) is 9. The Labute approximate surface area is 507 Å². The summed E-state index contributed by atoms with van der Waals surface area (Å²) in [5, 5.41) is 18.0. The van der Waals surface area contributed by atoms with Crippen molar-refractivity contribution in [1.82, 2.24) is 19.1 Å². The third-order valence-electron chi connectivity index (χ3n) is 15.7. The maximum Gasteiger partial charge on any atom is 0.582 e. The summed E-state index contributed by atoms with van der Waals surface area (Å²) in [6.45, 7) is 10.5. The van der Waals surface area contributed by atoms with Crippen LogP contribution in [-0.2, 0) is 47.6 Å². The number of carboxylic acids is 1. The van der Waals surface area contributed by atoms with Gasteiger partial charge in [0.25, 0.3) is 26.1 Å². The van der Waals surface area contributed by atoms with E-state index in [0.717, 1.165) is 50.2 Å². The van der Waals surface area contributed by atoms with E-state index in [2.05, 4.69) is 45.3 Å². The van der Waals surface area contributed by atoms with Gasteiger partial charge in [0, 0.05) is 69.7 Å². The van der Waals surface area contributed by atoms with E-state index < -0.39 is 82.4 Å². The molecule has 4 aliphatic rings. The van der Waals surface area contributed by atoms with Gasteiger partial charge in [0.15, 0.2) is 46.5 Å². The lowest BCUT2D eigenvalue weighted by Gasteiger charge is -2.43. The number of amides is 2. The predicted octanol–water partition coefficient (Wildman–Crippen LogP) is 6.10. The van der Waals surface area contributed by atoms with Crippen molar-refractivity contribution in [3.8, 4) is 0 Å². The van der Waals surface area contributed by atoms with Crippen LogP contribution in [0.25, 0.3) is 21.5 Å². The number of carbonyl (C=O) groups excluding carboxylic acids is 2. The van der Waals surface area contributed by atoms with Gasteiger partial charge in [-0.3, -0.25) is 27.2 Å². The molecule has 1 unspecified atom stereocenters. The first-order valence-corrected chi connectivity index (χ1v) is 40.3. The molecule has 4 aliphatic heterocycles. The first-order valence-electron chi connectivity index (χ1n) is 29.1. The molecule has 0 fully saturated rings. The number of aliphatic carboxylic acids is 1. The van der Waals surface area contributed by atoms with Crippen LogP contribution in [0.5, 0.6) is 0 Å². The number of carboxylic acid groups (broad SMARTS) is 1. The molecule has 0 radical (unpaired) electrons. The number of ether oxygens (including phenoxy) is 1. The van der Waals surface area contributed by atoms with Crippen LogP contribution in [0.3, 0.4) is 0 Å². The Morgan fingerprint density at radius 2 is 0.943 bits per heavy atom. The van der Waals surface area contributed by atoms with Crippen LogP contribution < -0.4 is 21.6 Å². The molecule has 6 aromatic rings. The number of nitrogens with one attached hydrogen (secondary N) is 2. The SMILES string of the molecule is CCCC[N+](CCCS(=O)(=O)O)(CCCS(=O)(=O)O)CC(=O)NCCC[Si](C)(C)O[Si]1(O[Si](C)(C)CCCNC(=O)COCC(=O)O)n2c3c4ccccc4c2N=C2N=C(N=c4c5ccccc5c(n41)=NC1=NC(=N3)c3ccccc31)c1ccccc12. The van der Waals surface area contributed by atoms with Crippen molar-refractivity contribution in [3.63, 3.8) is 0 Å². The van der Waals surface area contributed by atoms with Crippen molar-refractivity contribution >= 4 is 120 Å². The summed E-state index contributed by atoms with van der Waals surface area (Å²) in [5.41, 5.74) is 4.01. The predicted molar refractivity (Wildman–Crippen MR) is 338 cm³/mol. The van der Waals surface area contributed by atoms with Gasteiger partial charge in [-0.25, -0.2) is 34.7 Å². The number of aromatic nitrogens is 2. The highest BCUT2D eigenvalue weighted by atomic mass is 32.2. The van der Waals surface area contributed by atoms with Gasteiger partial charge in [-0.15, -0.1) is 0 Å². The molecule has 0 aliphatic carbocycles. The lowest BCUT2D eigenvalue weighted by molar-refractivity contribution is -0.921. The summed E-state index contributed by atoms with van der Waals surface area (Å²) >= 11 is 0. The molecule has 5 N–H and O–H groups in total. The van der Waals surface area contributed by atoms with Gasteiger partial charge in [-0.05, 0) is 57.5 Å². The zero-order valence-corrected chi connectivity index (χ0v) is 53.9. The van der Waals surface area contributed by atoms with Crippen LogP contribution >= 0.6 is 0 Å². The number of amidine groups is 4. The fourth-order valence-electron chi connectivity index (χ4n) is 11.8. The standard InChI is InChI=1S/C58H71N11O13S2Si3/c1-6-7-30-69(31-18-33-83(74,75)76,32-19-34-84(77,78)79)37-48(70)59-28-16-35-85(2,3)81-87(82-86(4,5)36-17-29-60-49(71)38-80-39-50(72)73)67-55-44-24-12-13-25-45(44)57(67)65-53-42-22-10-11-23-43(42)54(62-53)66-58-47-27-15-14-26-46(47)56(68(58)87)64-52-41-21-9-8-20-40(41)51(61-52)63-55/h8-15,20-27H,6-7,16-19,28-39H2,1-5H3,(H4-,59,60,70,71,72,73,74,75,76,77,78,79)/p+1. The minimum absolute atomic E-state index is 0.0248. The van der Waals surface area contributed by atoms with Crippen molar-refractivity contribution < 1.29 is 62.9 Å². The quantitative estimate of drug-likeness (QED) is 0.0154. The third-order valence-corrected chi connectivity index (χ3v) is 28.9. The molecule has 6 bridgehead atoms. The molecule has 2 aromatic heterocycles. The van der Waals surface area contributed by atoms with E-state index in [1.165, 1.54) is 0 Å². The number of aliphatic imine (C=N–C) groups is 4. The molecular formula is C58H72N11O13S2Si3+. The van der Waals surface area contributed by atoms with E-state index >= 15 is 0 Å². The molecule has 1 atom stereocenters. The number of quaternary nitrogens is 1. The summed E-state index contributed by atoms with van der Waals surface area (Å²) in [5.74, 6) is -0.428. The summed E-state index contributed by atoms with van der Waals surface area (Å²) in [4.78, 5) is 71.0. The van der Waals surface area contributed by atoms with Crippen LogP contribution in [0.4, 0.5) is 11.6 Å². The van der Waals surface area contributed by atoms with Gasteiger partial charge in [0.2, 0.25) is 5.91 Å². The molecule has 2 amide bonds. The van der Waals surface area contributed by atoms with Crippen molar-refractivity contribution in [2.75, 3.05) is 64.0 Å². The second-order valence-electron chi connectivity index (χ2n) is 23.5. The molecule has 24 nitrogen and oxygen atoms in total. The minimum Gasteiger partial charge on any atom is -0.480 e. The van der Waals surface area contributed by atoms with Crippen LogP contribution in [0.1, 0.15) is 67.7 Å². The molecule has 4 aromatic carbocycles. The van der Waals surface area contributed by atoms with Gasteiger partial charge in [0.1, 0.15) is 35.8 Å². The lowest BCUT2D eigenvalue weighted by atomic mass is 10.1. The van der Waals surface area contributed by atoms with Crippen LogP contribution in [-0.4, -0.2) is 175 Å². The van der Waals surface area contributed by atoms with Gasteiger partial charge in [-0.1, -0.05) is 110 Å². The number of benzene rings is 4. The van der Waals surface area contributed by atoms with E-state index in [9.17, 15) is 40.3 Å². The van der Waals surface area contributed by atoms with Crippen molar-refractivity contribution in [2.45, 2.75) is 83.7 Å². The Hall–Kier alpha value is -7.04. The Bertz CT molecular complexity index is 4000. The van der Waals surface area contributed by atoms with Gasteiger partial charge in [-0.2, -0.15) is 16.8 Å². The molecule has 87 heavy (non-hydrogen) atoms. The van der Waals surface area contributed by atoms with E-state index in [4.69, 9.17) is 48.0 Å². The molecule has 10 rings (SSSR count). The molecular weight excluding hydrogens is 1210 g/mol. The normalized spacial score (nSPS) is 16.2. The molecule has 0 spiro atoms. The maximum absolute atomic E-state index is 14.2. The topological polar surface area (TPSA) is 316 Å². The number of unbranched alkanes of at least 4 members (excludes halogenated alkanes) is 1. The van der Waals surface area contributed by atoms with Crippen LogP contribution in [0.15, 0.2) is 127 Å². The van der Waals surface area contributed by atoms with Crippen molar-refractivity contribution in [3.05, 3.63) is 130 Å². The molecule has 29 heteroatoms. The van der Waals surface area contributed by atoms with Gasteiger partial charge in [0.05, 0.1) is 31.1 Å². The highest BCUT2D eigenvalue weighted by molar-refractivity contribution is 7.86. The summed E-state index contributed by atoms with van der Waals surface area (Å²) < 4.78 is 92.5. The average molecular weight is 1280 g/mol. The van der Waals surface area contributed by atoms with Gasteiger partial charge < -0.3 is 33.2 Å². The highest BCUT2D eigenvalue weighted by Crippen LogP contribution is 2.45. The van der Waals surface area contributed by atoms with E-state index in [0.29, 0.717) is 83.8 Å². The highest BCUT2D eigenvalue weighted by Gasteiger charge is 2.58. The number of rotatable bonds is 29. The second-order valence-corrected chi connectivity index (χ2v) is 38.3. The van der Waals surface area contributed by atoms with Crippen LogP contribution in [0.2, 0.25) is 38.3 Å². The Morgan fingerprint density at radius 1 is 0.540 bits per heavy atom. The number of carbonyl (C=O) groups is 3. The zero-order chi connectivity index (χ0) is 61.9. The first-order chi connectivity index (χ1) is 41.4. The Kier molecular flexibility index (Phi) is 18.5. The maximum atomic E-state index is 14.2. The second kappa shape index (κ2) is 25.6. The zero-order valence-electron chi connectivity index (χ0n) is 49.2. The van der Waals surface area contributed by atoms with E-state index in [1.807, 2.05) is 104 Å². The minimum atomic E-state index is -4.70. The average Bonchev–Trinajstić information content (AvgIpc) is 1.56. The number of hydrogen-bond donors (Lipinski definition) is 5. The summed E-state index contributed by atoms with van der Waals surface area (Å²) in [6.07, 6.45) is 2.35. The molecule has 0 saturated carbocycles. The number of hydrogen-bond acceptors (Lipinski definition) is 16. The lowest BCUT2D eigenvalue weighted by Crippen LogP contribution is -2.70. The third kappa shape index (κ3) is 14.3. The molecule has 6 heterocycles. The fourth-order valence-corrected chi connectivity index (χ4v) is 25.4. The van der Waals surface area contributed by atoms with Crippen molar-refractivity contribution in [1.29, 1.82) is 0 Å². The van der Waals surface area contributed by atoms with Crippen LogP contribution in [0, 0.1) is 0 Å². The summed E-state index contributed by atoms with van der Waals surface area (Å²) in [6, 6.07) is 32.4. The van der Waals surface area contributed by atoms with E-state index in [1.54, 1.807) is 0 Å². The molecule has 460 valence electrons. The first kappa shape index (κ1) is 63.0. The Morgan fingerprint density at radius 3 is 1.37 bits per heavy atom. The number of fused-ring (bicyclic) bond motifs is 14.